The fourth-order valence-corrected chi connectivity index (χ4v) is 6.27. The molecule has 1 aliphatic carbocycles. The van der Waals surface area contributed by atoms with Crippen LogP contribution in [0.3, 0.4) is 0 Å². The van der Waals surface area contributed by atoms with Gasteiger partial charge in [0.05, 0.1) is 18.8 Å². The summed E-state index contributed by atoms with van der Waals surface area (Å²) in [6.07, 6.45) is 8.31. The Morgan fingerprint density at radius 1 is 1.09 bits per heavy atom. The zero-order valence-corrected chi connectivity index (χ0v) is 25.8. The van der Waals surface area contributed by atoms with E-state index in [4.69, 9.17) is 4.74 Å². The maximum Gasteiger partial charge on any atom is 0.222 e. The number of aliphatic hydroxyl groups excluding tert-OH is 1. The first-order chi connectivity index (χ1) is 20.9. The number of nitrogens with one attached hydrogen (secondary N) is 3. The number of aryl methyl sites for hydroxylation is 1. The number of amides is 2. The van der Waals surface area contributed by atoms with Crippen LogP contribution in [-0.4, -0.2) is 65.2 Å². The molecule has 232 valence electrons. The molecule has 1 aliphatic heterocycles. The molecule has 0 unspecified atom stereocenters. The van der Waals surface area contributed by atoms with Crippen molar-refractivity contribution in [2.75, 3.05) is 26.2 Å². The number of aromatic amines is 1. The minimum atomic E-state index is -0.807. The van der Waals surface area contributed by atoms with Crippen molar-refractivity contribution in [3.63, 3.8) is 0 Å². The minimum Gasteiger partial charge on any atom is -0.494 e. The number of benzene rings is 2. The van der Waals surface area contributed by atoms with Crippen LogP contribution < -0.4 is 15.4 Å². The lowest BCUT2D eigenvalue weighted by Gasteiger charge is -2.28. The lowest BCUT2D eigenvalue weighted by atomic mass is 9.96. The number of H-pyrrole nitrogens is 1. The van der Waals surface area contributed by atoms with Gasteiger partial charge in [-0.3, -0.25) is 9.59 Å². The predicted molar refractivity (Wildman–Crippen MR) is 170 cm³/mol. The molecule has 2 atom stereocenters. The molecule has 0 spiro atoms. The van der Waals surface area contributed by atoms with E-state index < -0.39 is 12.1 Å². The predicted octanol–water partition coefficient (Wildman–Crippen LogP) is 4.98. The summed E-state index contributed by atoms with van der Waals surface area (Å²) in [5.74, 6) is 0.724. The van der Waals surface area contributed by atoms with Crippen LogP contribution in [0, 0.1) is 0 Å². The average Bonchev–Trinajstić information content (AvgIpc) is 3.66. The van der Waals surface area contributed by atoms with Crippen molar-refractivity contribution in [3.8, 4) is 5.75 Å². The van der Waals surface area contributed by atoms with Crippen LogP contribution in [0.5, 0.6) is 5.75 Å². The number of fused-ring (bicyclic) bond motifs is 4. The van der Waals surface area contributed by atoms with Crippen LogP contribution in [0.4, 0.5) is 0 Å². The van der Waals surface area contributed by atoms with Crippen molar-refractivity contribution < 1.29 is 19.4 Å². The molecule has 0 saturated heterocycles. The second-order valence-corrected chi connectivity index (χ2v) is 12.3. The van der Waals surface area contributed by atoms with Gasteiger partial charge in [0.1, 0.15) is 5.75 Å². The fourth-order valence-electron chi connectivity index (χ4n) is 6.27. The van der Waals surface area contributed by atoms with E-state index >= 15 is 0 Å². The maximum absolute atomic E-state index is 13.2. The van der Waals surface area contributed by atoms with E-state index in [0.717, 1.165) is 67.3 Å². The zero-order chi connectivity index (χ0) is 30.2. The highest BCUT2D eigenvalue weighted by Crippen LogP contribution is 2.45. The SMILES string of the molecule is CCCN1CCCCOc2cc(c3cc[nH]c3c2)C[C@@H]([C@H](O)CNC2(c3cccc(CC)c3)CC2)NC(=O)CCCC1=O. The molecule has 3 aromatic rings. The third kappa shape index (κ3) is 7.98. The summed E-state index contributed by atoms with van der Waals surface area (Å²) >= 11 is 0. The van der Waals surface area contributed by atoms with E-state index in [1.807, 2.05) is 29.3 Å². The first-order valence-corrected chi connectivity index (χ1v) is 16.2. The molecule has 8 heteroatoms. The Morgan fingerprint density at radius 3 is 2.74 bits per heavy atom. The van der Waals surface area contributed by atoms with Crippen LogP contribution in [0.15, 0.2) is 48.7 Å². The smallest absolute Gasteiger partial charge is 0.222 e. The van der Waals surface area contributed by atoms with Crippen LogP contribution >= 0.6 is 0 Å². The van der Waals surface area contributed by atoms with Gasteiger partial charge in [0.25, 0.3) is 0 Å². The van der Waals surface area contributed by atoms with Crippen molar-refractivity contribution in [2.45, 2.75) is 95.7 Å². The lowest BCUT2D eigenvalue weighted by molar-refractivity contribution is -0.131. The van der Waals surface area contributed by atoms with Gasteiger partial charge in [-0.1, -0.05) is 38.1 Å². The molecular formula is C35H48N4O4. The Labute approximate surface area is 255 Å². The van der Waals surface area contributed by atoms with Gasteiger partial charge >= 0.3 is 0 Å². The number of hydrogen-bond donors (Lipinski definition) is 4. The number of ether oxygens (including phenoxy) is 1. The molecule has 0 radical (unpaired) electrons. The summed E-state index contributed by atoms with van der Waals surface area (Å²) in [4.78, 5) is 31.3. The highest BCUT2D eigenvalue weighted by molar-refractivity contribution is 5.85. The normalized spacial score (nSPS) is 20.7. The molecule has 2 aromatic carbocycles. The molecule has 1 fully saturated rings. The van der Waals surface area contributed by atoms with Crippen molar-refractivity contribution in [2.24, 2.45) is 0 Å². The largest absolute Gasteiger partial charge is 0.494 e. The van der Waals surface area contributed by atoms with E-state index in [2.05, 4.69) is 53.7 Å². The Hall–Kier alpha value is -3.36. The van der Waals surface area contributed by atoms with Crippen LogP contribution in [-0.2, 0) is 28.0 Å². The van der Waals surface area contributed by atoms with Crippen LogP contribution in [0.1, 0.15) is 81.9 Å². The van der Waals surface area contributed by atoms with Gasteiger partial charge in [0.15, 0.2) is 0 Å². The molecule has 5 rings (SSSR count). The van der Waals surface area contributed by atoms with Crippen molar-refractivity contribution in [1.29, 1.82) is 0 Å². The Balaban J connectivity index is 1.35. The molecule has 2 amide bonds. The lowest BCUT2D eigenvalue weighted by Crippen LogP contribution is -2.50. The number of aliphatic hydroxyl groups is 1. The van der Waals surface area contributed by atoms with Gasteiger partial charge in [-0.05, 0) is 80.2 Å². The highest BCUT2D eigenvalue weighted by Gasteiger charge is 2.44. The molecule has 2 heterocycles. The number of carbonyl (C=O) groups is 2. The minimum absolute atomic E-state index is 0.100. The third-order valence-corrected chi connectivity index (χ3v) is 9.00. The third-order valence-electron chi connectivity index (χ3n) is 9.00. The standard InChI is InChI=1S/C35H48N4O4/c1-3-17-39-18-5-6-19-43-28-21-26(29-13-16-36-30(29)23-28)22-31(38-33(41)11-8-12-34(39)42)32(40)24-37-35(14-15-35)27-10-7-9-25(4-2)20-27/h7,9-10,13,16,20-21,23,31-32,36-37,40H,3-6,8,11-12,14-15,17-19,22,24H2,1-2H3,(H,38,41)/t31-,32+/m0/s1. The molecular weight excluding hydrogens is 540 g/mol. The number of hydrogen-bond acceptors (Lipinski definition) is 5. The summed E-state index contributed by atoms with van der Waals surface area (Å²) in [6.45, 7) is 6.59. The molecule has 4 N–H and O–H groups in total. The monoisotopic (exact) mass is 588 g/mol. The summed E-state index contributed by atoms with van der Waals surface area (Å²) in [5.41, 5.74) is 4.43. The number of rotatable bonds is 8. The summed E-state index contributed by atoms with van der Waals surface area (Å²) in [5, 5.41) is 19.4. The van der Waals surface area contributed by atoms with E-state index in [-0.39, 0.29) is 23.8 Å². The van der Waals surface area contributed by atoms with E-state index in [0.29, 0.717) is 39.0 Å². The van der Waals surface area contributed by atoms with Gasteiger partial charge in [-0.25, -0.2) is 0 Å². The summed E-state index contributed by atoms with van der Waals surface area (Å²) < 4.78 is 6.17. The molecule has 2 aliphatic rings. The topological polar surface area (TPSA) is 107 Å². The van der Waals surface area contributed by atoms with Crippen LogP contribution in [0.2, 0.25) is 0 Å². The van der Waals surface area contributed by atoms with Gasteiger partial charge in [0, 0.05) is 61.2 Å². The molecule has 1 saturated carbocycles. The zero-order valence-electron chi connectivity index (χ0n) is 25.8. The molecule has 43 heavy (non-hydrogen) atoms. The summed E-state index contributed by atoms with van der Waals surface area (Å²) in [7, 11) is 0. The van der Waals surface area contributed by atoms with Crippen molar-refractivity contribution in [3.05, 3.63) is 65.4 Å². The first kappa shape index (κ1) is 31.1. The van der Waals surface area contributed by atoms with Crippen LogP contribution in [0.25, 0.3) is 10.9 Å². The number of carbonyl (C=O) groups excluding carboxylic acids is 2. The molecule has 2 bridgehead atoms. The Bertz CT molecular complexity index is 1380. The van der Waals surface area contributed by atoms with Gasteiger partial charge in [-0.2, -0.15) is 0 Å². The van der Waals surface area contributed by atoms with E-state index in [9.17, 15) is 14.7 Å². The molecule has 1 aromatic heterocycles. The second kappa shape index (κ2) is 14.4. The van der Waals surface area contributed by atoms with E-state index in [1.54, 1.807) is 0 Å². The summed E-state index contributed by atoms with van der Waals surface area (Å²) in [6, 6.07) is 14.3. The highest BCUT2D eigenvalue weighted by atomic mass is 16.5. The quantitative estimate of drug-likeness (QED) is 0.297. The number of nitrogens with zero attached hydrogens (tertiary/aromatic N) is 1. The van der Waals surface area contributed by atoms with Crippen molar-refractivity contribution >= 4 is 22.7 Å². The number of aromatic nitrogens is 1. The average molecular weight is 589 g/mol. The van der Waals surface area contributed by atoms with E-state index in [1.165, 1.54) is 11.1 Å². The van der Waals surface area contributed by atoms with Gasteiger partial charge in [-0.15, -0.1) is 0 Å². The van der Waals surface area contributed by atoms with Gasteiger partial charge in [0.2, 0.25) is 11.8 Å². The first-order valence-electron chi connectivity index (χ1n) is 16.2. The van der Waals surface area contributed by atoms with Gasteiger partial charge < -0.3 is 30.4 Å². The second-order valence-electron chi connectivity index (χ2n) is 12.3. The fraction of sp³-hybridized carbons (Fsp3) is 0.543. The van der Waals surface area contributed by atoms with Crippen molar-refractivity contribution in [1.82, 2.24) is 20.5 Å². The molecule has 8 nitrogen and oxygen atoms in total. The maximum atomic E-state index is 13.2. The Kier molecular flexibility index (Phi) is 10.4. The Morgan fingerprint density at radius 2 is 1.95 bits per heavy atom.